The van der Waals surface area contributed by atoms with Crippen LogP contribution in [0.25, 0.3) is 0 Å². The molecular weight excluding hydrogens is 392 g/mol. The lowest BCUT2D eigenvalue weighted by Gasteiger charge is -2.25. The molecule has 0 aromatic heterocycles. The monoisotopic (exact) mass is 420 g/mol. The number of likely N-dealkylation sites (tertiary alicyclic amines) is 1. The Labute approximate surface area is 177 Å². The summed E-state index contributed by atoms with van der Waals surface area (Å²) in [5, 5.41) is 3.30. The Kier molecular flexibility index (Phi) is 9.22. The Hall–Kier alpha value is -2.31. The highest BCUT2D eigenvalue weighted by molar-refractivity contribution is 6.32. The number of hydrogen-bond donors (Lipinski definition) is 1. The van der Waals surface area contributed by atoms with Gasteiger partial charge < -0.3 is 14.8 Å². The molecular formula is C22H29ClN2O4. The fourth-order valence-electron chi connectivity index (χ4n) is 3.42. The van der Waals surface area contributed by atoms with E-state index in [0.29, 0.717) is 17.4 Å². The van der Waals surface area contributed by atoms with Crippen molar-refractivity contribution in [3.05, 3.63) is 54.1 Å². The van der Waals surface area contributed by atoms with Gasteiger partial charge in [0.25, 0.3) is 0 Å². The van der Waals surface area contributed by atoms with E-state index in [0.717, 1.165) is 37.9 Å². The van der Waals surface area contributed by atoms with E-state index in [1.807, 2.05) is 12.1 Å². The van der Waals surface area contributed by atoms with E-state index in [4.69, 9.17) is 21.1 Å². The van der Waals surface area contributed by atoms with Crippen LogP contribution in [-0.4, -0.2) is 55.7 Å². The Morgan fingerprint density at radius 3 is 2.83 bits per heavy atom. The minimum Gasteiger partial charge on any atom is -0.488 e. The molecule has 0 spiro atoms. The number of hydrogen-bond acceptors (Lipinski definition) is 5. The molecule has 29 heavy (non-hydrogen) atoms. The second-order valence-corrected chi connectivity index (χ2v) is 7.33. The van der Waals surface area contributed by atoms with Crippen molar-refractivity contribution >= 4 is 23.5 Å². The fourth-order valence-corrected chi connectivity index (χ4v) is 3.68. The molecule has 1 aromatic carbocycles. The van der Waals surface area contributed by atoms with E-state index >= 15 is 0 Å². The minimum absolute atomic E-state index is 0.154. The van der Waals surface area contributed by atoms with Crippen molar-refractivity contribution in [1.82, 2.24) is 10.2 Å². The van der Waals surface area contributed by atoms with Gasteiger partial charge in [-0.05, 0) is 43.5 Å². The molecule has 1 aliphatic rings. The number of ether oxygens (including phenoxy) is 2. The highest BCUT2D eigenvalue weighted by atomic mass is 35.5. The van der Waals surface area contributed by atoms with Crippen LogP contribution in [0.4, 0.5) is 0 Å². The third-order valence-corrected chi connectivity index (χ3v) is 5.18. The molecule has 2 rings (SSSR count). The summed E-state index contributed by atoms with van der Waals surface area (Å²) in [5.74, 6) is -0.103. The van der Waals surface area contributed by atoms with Gasteiger partial charge in [0, 0.05) is 13.0 Å². The van der Waals surface area contributed by atoms with Crippen molar-refractivity contribution in [2.24, 2.45) is 0 Å². The van der Waals surface area contributed by atoms with Gasteiger partial charge in [-0.15, -0.1) is 6.58 Å². The Morgan fingerprint density at radius 2 is 2.17 bits per heavy atom. The number of nitrogens with one attached hydrogen (secondary N) is 1. The molecule has 1 N–H and O–H groups in total. The number of esters is 1. The summed E-state index contributed by atoms with van der Waals surface area (Å²) in [5.41, 5.74) is 0.798. The van der Waals surface area contributed by atoms with E-state index in [-0.39, 0.29) is 18.4 Å². The van der Waals surface area contributed by atoms with Gasteiger partial charge in [-0.25, -0.2) is 4.79 Å². The maximum Gasteiger partial charge on any atom is 0.328 e. The van der Waals surface area contributed by atoms with Gasteiger partial charge in [0.2, 0.25) is 5.91 Å². The van der Waals surface area contributed by atoms with Crippen molar-refractivity contribution in [2.75, 3.05) is 26.8 Å². The summed E-state index contributed by atoms with van der Waals surface area (Å²) in [6.45, 7) is 9.35. The molecule has 1 unspecified atom stereocenters. The van der Waals surface area contributed by atoms with E-state index in [1.165, 1.54) is 7.11 Å². The molecule has 1 fully saturated rings. The minimum atomic E-state index is -0.787. The maximum atomic E-state index is 12.8. The first-order valence-corrected chi connectivity index (χ1v) is 10.1. The average molecular weight is 421 g/mol. The zero-order valence-corrected chi connectivity index (χ0v) is 17.6. The summed E-state index contributed by atoms with van der Waals surface area (Å²) >= 11 is 6.26. The van der Waals surface area contributed by atoms with Crippen molar-refractivity contribution in [3.8, 4) is 5.75 Å². The summed E-state index contributed by atoms with van der Waals surface area (Å²) in [4.78, 5) is 27.3. The summed E-state index contributed by atoms with van der Waals surface area (Å²) < 4.78 is 10.4. The van der Waals surface area contributed by atoms with Crippen LogP contribution in [0.3, 0.4) is 0 Å². The Bertz CT molecular complexity index is 738. The average Bonchev–Trinajstić information content (AvgIpc) is 3.19. The lowest BCUT2D eigenvalue weighted by Crippen LogP contribution is -2.50. The van der Waals surface area contributed by atoms with Crippen molar-refractivity contribution < 1.29 is 19.1 Å². The standard InChI is InChI=1S/C22H29ClN2O4/c1-4-6-11-25-12-7-8-19(25)21(26)24-18(22(27)28-3)15-16-9-10-20(17(23)14-16)29-13-5-2/h4-5,9-10,14,18-19H,1-2,6-8,11-13,15H2,3H3,(H,24,26)/t18-,19?/m0/s1. The van der Waals surface area contributed by atoms with E-state index in [1.54, 1.807) is 18.2 Å². The molecule has 0 saturated carbocycles. The number of nitrogens with zero attached hydrogens (tertiary/aromatic N) is 1. The first-order chi connectivity index (χ1) is 14.0. The molecule has 7 heteroatoms. The Balaban J connectivity index is 2.06. The number of benzene rings is 1. The number of methoxy groups -OCH3 is 1. The number of amides is 1. The van der Waals surface area contributed by atoms with Crippen molar-refractivity contribution in [2.45, 2.75) is 37.8 Å². The molecule has 0 radical (unpaired) electrons. The van der Waals surface area contributed by atoms with Crippen LogP contribution in [0.2, 0.25) is 5.02 Å². The normalized spacial score (nSPS) is 17.4. The molecule has 1 heterocycles. The summed E-state index contributed by atoms with van der Waals surface area (Å²) in [6, 6.07) is 4.27. The number of carbonyl (C=O) groups is 2. The SMILES string of the molecule is C=CCCN1CCCC1C(=O)N[C@@H](Cc1ccc(OCC=C)c(Cl)c1)C(=O)OC. The fraction of sp³-hybridized carbons (Fsp3) is 0.455. The van der Waals surface area contributed by atoms with Crippen LogP contribution < -0.4 is 10.1 Å². The molecule has 2 atom stereocenters. The smallest absolute Gasteiger partial charge is 0.328 e. The quantitative estimate of drug-likeness (QED) is 0.440. The molecule has 1 saturated heterocycles. The molecule has 0 aliphatic carbocycles. The van der Waals surface area contributed by atoms with Gasteiger partial charge in [-0.2, -0.15) is 0 Å². The number of halogens is 1. The summed E-state index contributed by atoms with van der Waals surface area (Å²) in [7, 11) is 1.31. The molecule has 1 amide bonds. The first-order valence-electron chi connectivity index (χ1n) is 9.75. The summed E-state index contributed by atoms with van der Waals surface area (Å²) in [6.07, 6.45) is 6.31. The van der Waals surface area contributed by atoms with E-state index < -0.39 is 12.0 Å². The molecule has 158 valence electrons. The number of carbonyl (C=O) groups excluding carboxylic acids is 2. The van der Waals surface area contributed by atoms with Gasteiger partial charge >= 0.3 is 5.97 Å². The Morgan fingerprint density at radius 1 is 1.38 bits per heavy atom. The van der Waals surface area contributed by atoms with Gasteiger partial charge in [0.15, 0.2) is 0 Å². The van der Waals surface area contributed by atoms with E-state index in [2.05, 4.69) is 23.4 Å². The maximum absolute atomic E-state index is 12.8. The highest BCUT2D eigenvalue weighted by Crippen LogP contribution is 2.26. The van der Waals surface area contributed by atoms with E-state index in [9.17, 15) is 9.59 Å². The van der Waals surface area contributed by atoms with Gasteiger partial charge in [0.05, 0.1) is 18.2 Å². The highest BCUT2D eigenvalue weighted by Gasteiger charge is 2.33. The van der Waals surface area contributed by atoms with Crippen molar-refractivity contribution in [1.29, 1.82) is 0 Å². The van der Waals surface area contributed by atoms with Crippen molar-refractivity contribution in [3.63, 3.8) is 0 Å². The third kappa shape index (κ3) is 6.61. The van der Waals surface area contributed by atoms with Gasteiger partial charge in [0.1, 0.15) is 18.4 Å². The van der Waals surface area contributed by atoms with Crippen LogP contribution in [0.15, 0.2) is 43.5 Å². The molecule has 1 aliphatic heterocycles. The van der Waals surface area contributed by atoms with Crippen LogP contribution in [-0.2, 0) is 20.7 Å². The zero-order chi connectivity index (χ0) is 21.2. The second kappa shape index (κ2) is 11.6. The topological polar surface area (TPSA) is 67.9 Å². The predicted octanol–water partition coefficient (Wildman–Crippen LogP) is 3.15. The van der Waals surface area contributed by atoms with Gasteiger partial charge in [-0.1, -0.05) is 36.4 Å². The predicted molar refractivity (Wildman–Crippen MR) is 114 cm³/mol. The molecule has 0 bridgehead atoms. The number of rotatable bonds is 11. The second-order valence-electron chi connectivity index (χ2n) is 6.92. The zero-order valence-electron chi connectivity index (χ0n) is 16.9. The first kappa shape index (κ1) is 23.0. The molecule has 6 nitrogen and oxygen atoms in total. The van der Waals surface area contributed by atoms with Crippen LogP contribution in [0.1, 0.15) is 24.8 Å². The third-order valence-electron chi connectivity index (χ3n) is 4.88. The van der Waals surface area contributed by atoms with Crippen LogP contribution in [0.5, 0.6) is 5.75 Å². The molecule has 1 aromatic rings. The lowest BCUT2D eigenvalue weighted by atomic mass is 10.0. The van der Waals surface area contributed by atoms with Crippen LogP contribution in [0, 0.1) is 0 Å². The van der Waals surface area contributed by atoms with Gasteiger partial charge in [-0.3, -0.25) is 9.69 Å². The lowest BCUT2D eigenvalue weighted by molar-refractivity contribution is -0.145. The van der Waals surface area contributed by atoms with Crippen LogP contribution >= 0.6 is 11.6 Å². The largest absolute Gasteiger partial charge is 0.488 e.